The normalized spacial score (nSPS) is 16.6. The van der Waals surface area contributed by atoms with Gasteiger partial charge in [-0.2, -0.15) is 0 Å². The predicted octanol–water partition coefficient (Wildman–Crippen LogP) is 4.88. The number of nitrogens with zero attached hydrogens (tertiary/aromatic N) is 2. The maximum atomic E-state index is 13.0. The highest BCUT2D eigenvalue weighted by atomic mass is 32.1. The first kappa shape index (κ1) is 20.2. The zero-order valence-electron chi connectivity index (χ0n) is 17.3. The molecule has 0 aliphatic carbocycles. The number of hydrogen-bond donors (Lipinski definition) is 0. The predicted molar refractivity (Wildman–Crippen MR) is 120 cm³/mol. The van der Waals surface area contributed by atoms with E-state index in [0.29, 0.717) is 30.4 Å². The molecule has 1 aromatic heterocycles. The van der Waals surface area contributed by atoms with Gasteiger partial charge in [0.2, 0.25) is 5.91 Å². The molecule has 2 aromatic carbocycles. The quantitative estimate of drug-likeness (QED) is 0.552. The lowest BCUT2D eigenvalue weighted by molar-refractivity contribution is -0.138. The van der Waals surface area contributed by atoms with E-state index in [2.05, 4.69) is 16.3 Å². The van der Waals surface area contributed by atoms with Gasteiger partial charge in [-0.1, -0.05) is 12.1 Å². The molecule has 0 spiro atoms. The molecule has 5 rings (SSSR count). The van der Waals surface area contributed by atoms with Crippen molar-refractivity contribution in [3.63, 3.8) is 0 Å². The maximum Gasteiger partial charge on any atom is 0.223 e. The first-order valence-electron chi connectivity index (χ1n) is 10.7. The van der Waals surface area contributed by atoms with Gasteiger partial charge in [0.1, 0.15) is 17.3 Å². The zero-order valence-corrected chi connectivity index (χ0v) is 18.1. The molecule has 160 valence electrons. The van der Waals surface area contributed by atoms with E-state index >= 15 is 0 Å². The highest BCUT2D eigenvalue weighted by Gasteiger charge is 2.35. The Labute approximate surface area is 185 Å². The molecule has 0 atom stereocenters. The van der Waals surface area contributed by atoms with Crippen molar-refractivity contribution in [2.75, 3.05) is 19.6 Å². The number of amides is 1. The highest BCUT2D eigenvalue weighted by molar-refractivity contribution is 7.10. The second-order valence-electron chi connectivity index (χ2n) is 8.25. The third-order valence-corrected chi connectivity index (χ3v) is 7.17. The molecule has 2 aliphatic heterocycles. The third kappa shape index (κ3) is 4.65. The summed E-state index contributed by atoms with van der Waals surface area (Å²) < 4.78 is 18.8. The summed E-state index contributed by atoms with van der Waals surface area (Å²) in [5, 5.41) is 2.18. The number of hydrogen-bond acceptors (Lipinski definition) is 4. The molecular formula is C25H25FN2O2S. The Morgan fingerprint density at radius 2 is 1.94 bits per heavy atom. The van der Waals surface area contributed by atoms with Crippen LogP contribution in [0.5, 0.6) is 11.5 Å². The van der Waals surface area contributed by atoms with Crippen LogP contribution in [-0.4, -0.2) is 41.4 Å². The summed E-state index contributed by atoms with van der Waals surface area (Å²) in [6, 6.07) is 16.4. The Morgan fingerprint density at radius 3 is 2.77 bits per heavy atom. The molecule has 0 bridgehead atoms. The van der Waals surface area contributed by atoms with E-state index in [-0.39, 0.29) is 11.7 Å². The van der Waals surface area contributed by atoms with Crippen molar-refractivity contribution in [3.05, 3.63) is 81.8 Å². The van der Waals surface area contributed by atoms with Crippen LogP contribution >= 0.6 is 11.3 Å². The minimum absolute atomic E-state index is 0.217. The maximum absolute atomic E-state index is 13.0. The molecule has 1 amide bonds. The number of benzene rings is 2. The number of halogens is 1. The number of aryl methyl sites for hydroxylation is 1. The van der Waals surface area contributed by atoms with Crippen molar-refractivity contribution >= 4 is 17.2 Å². The van der Waals surface area contributed by atoms with Crippen molar-refractivity contribution in [2.24, 2.45) is 0 Å². The molecule has 31 heavy (non-hydrogen) atoms. The second kappa shape index (κ2) is 8.81. The largest absolute Gasteiger partial charge is 0.457 e. The van der Waals surface area contributed by atoms with E-state index in [4.69, 9.17) is 4.74 Å². The smallest absolute Gasteiger partial charge is 0.223 e. The van der Waals surface area contributed by atoms with Crippen molar-refractivity contribution < 1.29 is 13.9 Å². The molecule has 3 aromatic rings. The first-order valence-corrected chi connectivity index (χ1v) is 11.6. The molecule has 0 N–H and O–H groups in total. The lowest BCUT2D eigenvalue weighted by Crippen LogP contribution is -2.61. The van der Waals surface area contributed by atoms with E-state index in [0.717, 1.165) is 38.2 Å². The number of likely N-dealkylation sites (tertiary alicyclic amines) is 1. The van der Waals surface area contributed by atoms with Gasteiger partial charge in [-0.25, -0.2) is 4.39 Å². The molecule has 0 saturated carbocycles. The summed E-state index contributed by atoms with van der Waals surface area (Å²) in [7, 11) is 0. The number of thiophene rings is 1. The summed E-state index contributed by atoms with van der Waals surface area (Å²) in [6.07, 6.45) is 2.32. The van der Waals surface area contributed by atoms with Crippen LogP contribution in [0.2, 0.25) is 0 Å². The number of carbonyl (C=O) groups is 1. The van der Waals surface area contributed by atoms with Crippen LogP contribution in [0, 0.1) is 5.82 Å². The fourth-order valence-corrected chi connectivity index (χ4v) is 5.17. The molecule has 2 aliphatic rings. The minimum Gasteiger partial charge on any atom is -0.457 e. The van der Waals surface area contributed by atoms with Crippen LogP contribution in [-0.2, 0) is 24.2 Å². The van der Waals surface area contributed by atoms with E-state index in [9.17, 15) is 9.18 Å². The van der Waals surface area contributed by atoms with E-state index < -0.39 is 0 Å². The van der Waals surface area contributed by atoms with Crippen molar-refractivity contribution in [3.8, 4) is 11.5 Å². The van der Waals surface area contributed by atoms with Crippen LogP contribution in [0.3, 0.4) is 0 Å². The van der Waals surface area contributed by atoms with Crippen molar-refractivity contribution in [1.82, 2.24) is 9.80 Å². The summed E-state index contributed by atoms with van der Waals surface area (Å²) in [6.45, 7) is 3.80. The summed E-state index contributed by atoms with van der Waals surface area (Å²) in [5.41, 5.74) is 2.52. The lowest BCUT2D eigenvalue weighted by Gasteiger charge is -2.46. The number of fused-ring (bicyclic) bond motifs is 1. The van der Waals surface area contributed by atoms with Crippen LogP contribution in [0.4, 0.5) is 4.39 Å². The topological polar surface area (TPSA) is 32.8 Å². The van der Waals surface area contributed by atoms with Crippen LogP contribution in [0.15, 0.2) is 60.0 Å². The van der Waals surface area contributed by atoms with Crippen LogP contribution < -0.4 is 4.74 Å². The Kier molecular flexibility index (Phi) is 5.74. The summed E-state index contributed by atoms with van der Waals surface area (Å²) in [4.78, 5) is 18.7. The van der Waals surface area contributed by atoms with Crippen molar-refractivity contribution in [2.45, 2.75) is 31.8 Å². The van der Waals surface area contributed by atoms with Gasteiger partial charge < -0.3 is 9.64 Å². The van der Waals surface area contributed by atoms with Gasteiger partial charge in [0.15, 0.2) is 0 Å². The fraction of sp³-hybridized carbons (Fsp3) is 0.320. The Balaban J connectivity index is 1.09. The molecule has 3 heterocycles. The van der Waals surface area contributed by atoms with Crippen LogP contribution in [0.25, 0.3) is 0 Å². The van der Waals surface area contributed by atoms with Gasteiger partial charge in [0, 0.05) is 43.5 Å². The summed E-state index contributed by atoms with van der Waals surface area (Å²) >= 11 is 1.86. The number of rotatable bonds is 6. The highest BCUT2D eigenvalue weighted by Crippen LogP contribution is 2.28. The average molecular weight is 437 g/mol. The molecular weight excluding hydrogens is 411 g/mol. The first-order chi connectivity index (χ1) is 15.1. The minimum atomic E-state index is -0.288. The SMILES string of the molecule is O=C(CCc1cccc(Oc2ccc(F)cc2)c1)N1CC(N2CCc3sccc3C2)C1. The van der Waals surface area contributed by atoms with E-state index in [1.807, 2.05) is 40.5 Å². The van der Waals surface area contributed by atoms with E-state index in [1.54, 1.807) is 12.1 Å². The lowest BCUT2D eigenvalue weighted by atomic mass is 10.0. The standard InChI is InChI=1S/C25H25FN2O2S/c26-20-5-7-22(8-6-20)30-23-3-1-2-18(14-23)4-9-25(29)28-16-21(17-28)27-12-10-24-19(15-27)11-13-31-24/h1-3,5-8,11,13-14,21H,4,9-10,12,15-17H2. The second-order valence-corrected chi connectivity index (χ2v) is 9.25. The Morgan fingerprint density at radius 1 is 1.10 bits per heavy atom. The zero-order chi connectivity index (χ0) is 21.2. The molecule has 0 radical (unpaired) electrons. The van der Waals surface area contributed by atoms with Gasteiger partial charge in [0.05, 0.1) is 0 Å². The van der Waals surface area contributed by atoms with E-state index in [1.165, 1.54) is 22.6 Å². The van der Waals surface area contributed by atoms with Crippen LogP contribution in [0.1, 0.15) is 22.4 Å². The van der Waals surface area contributed by atoms with Crippen molar-refractivity contribution in [1.29, 1.82) is 0 Å². The molecule has 4 nitrogen and oxygen atoms in total. The number of ether oxygens (including phenoxy) is 1. The van der Waals surface area contributed by atoms with Gasteiger partial charge >= 0.3 is 0 Å². The van der Waals surface area contributed by atoms with Gasteiger partial charge in [-0.05, 0) is 71.8 Å². The number of carbonyl (C=O) groups excluding carboxylic acids is 1. The monoisotopic (exact) mass is 436 g/mol. The Hall–Kier alpha value is -2.70. The summed E-state index contributed by atoms with van der Waals surface area (Å²) in [5.74, 6) is 1.21. The molecule has 0 unspecified atom stereocenters. The van der Waals surface area contributed by atoms with Gasteiger partial charge in [-0.3, -0.25) is 9.69 Å². The van der Waals surface area contributed by atoms with Gasteiger partial charge in [-0.15, -0.1) is 11.3 Å². The molecule has 1 saturated heterocycles. The molecule has 6 heteroatoms. The average Bonchev–Trinajstić information content (AvgIpc) is 3.21. The molecule has 1 fully saturated rings. The fourth-order valence-electron chi connectivity index (χ4n) is 4.28. The third-order valence-electron chi connectivity index (χ3n) is 6.14. The van der Waals surface area contributed by atoms with Gasteiger partial charge in [0.25, 0.3) is 0 Å². The Bertz CT molecular complexity index is 1060.